The summed E-state index contributed by atoms with van der Waals surface area (Å²) in [5.74, 6) is 2.62. The topological polar surface area (TPSA) is 0 Å². The number of hydrogen-bond acceptors (Lipinski definition) is 0. The van der Waals surface area contributed by atoms with Crippen LogP contribution in [0.5, 0.6) is 0 Å². The molecule has 0 saturated heterocycles. The molecule has 29 heavy (non-hydrogen) atoms. The summed E-state index contributed by atoms with van der Waals surface area (Å²) in [6.45, 7) is 13.5. The molecule has 1 aliphatic rings. The second-order valence-corrected chi connectivity index (χ2v) is 9.08. The van der Waals surface area contributed by atoms with Crippen molar-refractivity contribution in [3.05, 3.63) is 85.1 Å². The first-order valence-electron chi connectivity index (χ1n) is 11.6. The molecule has 1 rings (SSSR count). The summed E-state index contributed by atoms with van der Waals surface area (Å²) in [5, 5.41) is 0. The molecular weight excluding hydrogens is 348 g/mol. The summed E-state index contributed by atoms with van der Waals surface area (Å²) in [6, 6.07) is 0. The first kappa shape index (κ1) is 25.2. The molecule has 0 aromatic heterocycles. The van der Waals surface area contributed by atoms with Gasteiger partial charge in [-0.25, -0.2) is 0 Å². The zero-order valence-electron chi connectivity index (χ0n) is 19.4. The molecule has 0 heteroatoms. The van der Waals surface area contributed by atoms with Gasteiger partial charge in [0.25, 0.3) is 0 Å². The lowest BCUT2D eigenvalue weighted by atomic mass is 9.90. The average molecular weight is 393 g/mol. The fraction of sp³-hybridized carbons (Fsp3) is 0.517. The highest BCUT2D eigenvalue weighted by Gasteiger charge is 2.08. The van der Waals surface area contributed by atoms with Crippen LogP contribution in [0.2, 0.25) is 0 Å². The molecule has 0 N–H and O–H groups in total. The standard InChI is InChI=1S/C29H44/c1-25-17-11-7-6-8-12-18-26(2)20-14-10-16-22-28(4)24-29(5)23-27(3)21-15-9-13-19-25/h6-7,9-11,13-17,20-21,25-26,28-29H,3,8,12,18-19,22-24H2,1-2,4-5H3/b7-6-,13-9-,16-10-,17-11-,20-14-,21-15-. The predicted molar refractivity (Wildman–Crippen MR) is 133 cm³/mol. The third kappa shape index (κ3) is 14.8. The highest BCUT2D eigenvalue weighted by molar-refractivity contribution is 5.19. The summed E-state index contributed by atoms with van der Waals surface area (Å²) in [6.07, 6.45) is 35.1. The normalized spacial score (nSPS) is 35.7. The Morgan fingerprint density at radius 1 is 0.724 bits per heavy atom. The number of allylic oxidation sites excluding steroid dienone is 13. The van der Waals surface area contributed by atoms with E-state index in [1.165, 1.54) is 24.8 Å². The Morgan fingerprint density at radius 2 is 1.38 bits per heavy atom. The molecule has 0 amide bonds. The lowest BCUT2D eigenvalue weighted by Crippen LogP contribution is -2.03. The van der Waals surface area contributed by atoms with Crippen LogP contribution in [0.4, 0.5) is 0 Å². The second kappa shape index (κ2) is 16.0. The van der Waals surface area contributed by atoms with E-state index in [-0.39, 0.29) is 0 Å². The monoisotopic (exact) mass is 392 g/mol. The molecule has 0 fully saturated rings. The van der Waals surface area contributed by atoms with Crippen molar-refractivity contribution in [1.82, 2.24) is 0 Å². The minimum atomic E-state index is 0.567. The van der Waals surface area contributed by atoms with Crippen LogP contribution in [-0.2, 0) is 0 Å². The minimum Gasteiger partial charge on any atom is -0.0958 e. The summed E-state index contributed by atoms with van der Waals surface area (Å²) in [7, 11) is 0. The second-order valence-electron chi connectivity index (χ2n) is 9.08. The zero-order chi connectivity index (χ0) is 21.3. The largest absolute Gasteiger partial charge is 0.0958 e. The van der Waals surface area contributed by atoms with E-state index < -0.39 is 0 Å². The maximum Gasteiger partial charge on any atom is -0.0224 e. The van der Waals surface area contributed by atoms with Crippen molar-refractivity contribution >= 4 is 0 Å². The molecule has 0 aliphatic heterocycles. The minimum absolute atomic E-state index is 0.567. The van der Waals surface area contributed by atoms with Crippen molar-refractivity contribution in [2.45, 2.75) is 72.6 Å². The Hall–Kier alpha value is -1.82. The lowest BCUT2D eigenvalue weighted by molar-refractivity contribution is 0.417. The average Bonchev–Trinajstić information content (AvgIpc) is 2.65. The van der Waals surface area contributed by atoms with E-state index >= 15 is 0 Å². The van der Waals surface area contributed by atoms with Gasteiger partial charge in [0, 0.05) is 0 Å². The van der Waals surface area contributed by atoms with Crippen molar-refractivity contribution < 1.29 is 0 Å². The highest BCUT2D eigenvalue weighted by atomic mass is 14.1. The molecule has 0 saturated carbocycles. The van der Waals surface area contributed by atoms with Gasteiger partial charge in [-0.05, 0) is 68.6 Å². The van der Waals surface area contributed by atoms with Crippen LogP contribution in [0.15, 0.2) is 85.1 Å². The fourth-order valence-corrected chi connectivity index (χ4v) is 3.75. The van der Waals surface area contributed by atoms with Gasteiger partial charge >= 0.3 is 0 Å². The van der Waals surface area contributed by atoms with Crippen LogP contribution in [0.3, 0.4) is 0 Å². The van der Waals surface area contributed by atoms with Crippen LogP contribution in [0.1, 0.15) is 72.6 Å². The third-order valence-electron chi connectivity index (χ3n) is 5.44. The van der Waals surface area contributed by atoms with Gasteiger partial charge in [0.2, 0.25) is 0 Å². The van der Waals surface area contributed by atoms with Gasteiger partial charge in [-0.15, -0.1) is 0 Å². The molecular formula is C29H44. The van der Waals surface area contributed by atoms with Crippen LogP contribution >= 0.6 is 0 Å². The first-order valence-corrected chi connectivity index (χ1v) is 11.6. The Bertz CT molecular complexity index is 608. The third-order valence-corrected chi connectivity index (χ3v) is 5.44. The quantitative estimate of drug-likeness (QED) is 0.385. The number of hydrogen-bond donors (Lipinski definition) is 0. The van der Waals surface area contributed by atoms with E-state index in [4.69, 9.17) is 0 Å². The Labute approximate surface area is 181 Å². The lowest BCUT2D eigenvalue weighted by Gasteiger charge is -2.16. The molecule has 4 atom stereocenters. The van der Waals surface area contributed by atoms with E-state index in [1.807, 2.05) is 0 Å². The Balaban J connectivity index is 2.66. The van der Waals surface area contributed by atoms with Gasteiger partial charge < -0.3 is 0 Å². The predicted octanol–water partition coefficient (Wildman–Crippen LogP) is 9.17. The van der Waals surface area contributed by atoms with Crippen LogP contribution in [0, 0.1) is 23.7 Å². The zero-order valence-corrected chi connectivity index (χ0v) is 19.4. The molecule has 0 nitrogen and oxygen atoms in total. The highest BCUT2D eigenvalue weighted by Crippen LogP contribution is 2.22. The molecule has 0 spiro atoms. The van der Waals surface area contributed by atoms with E-state index in [1.54, 1.807) is 0 Å². The fourth-order valence-electron chi connectivity index (χ4n) is 3.75. The van der Waals surface area contributed by atoms with Gasteiger partial charge in [0.15, 0.2) is 0 Å². The van der Waals surface area contributed by atoms with Gasteiger partial charge in [-0.3, -0.25) is 0 Å². The van der Waals surface area contributed by atoms with Crippen LogP contribution < -0.4 is 0 Å². The van der Waals surface area contributed by atoms with Gasteiger partial charge in [0.05, 0.1) is 0 Å². The van der Waals surface area contributed by atoms with Crippen molar-refractivity contribution in [2.24, 2.45) is 23.7 Å². The van der Waals surface area contributed by atoms with Crippen molar-refractivity contribution in [3.63, 3.8) is 0 Å². The Morgan fingerprint density at radius 3 is 2.17 bits per heavy atom. The van der Waals surface area contributed by atoms with Crippen molar-refractivity contribution in [3.8, 4) is 0 Å². The van der Waals surface area contributed by atoms with Crippen molar-refractivity contribution in [1.29, 1.82) is 0 Å². The molecule has 0 radical (unpaired) electrons. The molecule has 0 aromatic rings. The maximum atomic E-state index is 4.24. The molecule has 0 aromatic carbocycles. The van der Waals surface area contributed by atoms with E-state index in [0.29, 0.717) is 17.8 Å². The van der Waals surface area contributed by atoms with Gasteiger partial charge in [-0.1, -0.05) is 113 Å². The van der Waals surface area contributed by atoms with E-state index in [9.17, 15) is 0 Å². The van der Waals surface area contributed by atoms with Crippen LogP contribution in [-0.4, -0.2) is 0 Å². The van der Waals surface area contributed by atoms with Crippen molar-refractivity contribution in [2.75, 3.05) is 0 Å². The molecule has 1 aliphatic carbocycles. The van der Waals surface area contributed by atoms with Crippen LogP contribution in [0.25, 0.3) is 0 Å². The van der Waals surface area contributed by atoms with Gasteiger partial charge in [0.1, 0.15) is 0 Å². The van der Waals surface area contributed by atoms with E-state index in [0.717, 1.165) is 31.6 Å². The van der Waals surface area contributed by atoms with E-state index in [2.05, 4.69) is 107 Å². The number of rotatable bonds is 0. The molecule has 160 valence electrons. The summed E-state index contributed by atoms with van der Waals surface area (Å²) in [4.78, 5) is 0. The molecule has 4 unspecified atom stereocenters. The summed E-state index contributed by atoms with van der Waals surface area (Å²) < 4.78 is 0. The molecule has 0 heterocycles. The summed E-state index contributed by atoms with van der Waals surface area (Å²) >= 11 is 0. The van der Waals surface area contributed by atoms with Gasteiger partial charge in [-0.2, -0.15) is 0 Å². The SMILES string of the molecule is C=C1/C=C\C=C/CC(C)/C=C\C=C/CCCC(C)/C=C\C=C/CC(C)CC(C)C1. The first-order chi connectivity index (χ1) is 14.0. The maximum absolute atomic E-state index is 4.24. The molecule has 0 bridgehead atoms. The summed E-state index contributed by atoms with van der Waals surface area (Å²) in [5.41, 5.74) is 1.23. The Kier molecular flexibility index (Phi) is 13.9. The smallest absolute Gasteiger partial charge is 0.0224 e.